The second-order valence-electron chi connectivity index (χ2n) is 8.98. The molecule has 0 atom stereocenters. The van der Waals surface area contributed by atoms with E-state index in [9.17, 15) is 14.7 Å². The normalized spacial score (nSPS) is 18.6. The van der Waals surface area contributed by atoms with Gasteiger partial charge in [0.05, 0.1) is 10.4 Å². The third-order valence-corrected chi connectivity index (χ3v) is 9.05. The molecule has 0 unspecified atom stereocenters. The molecule has 3 rings (SSSR count). The third-order valence-electron chi connectivity index (χ3n) is 5.84. The minimum Gasteiger partial charge on any atom is -0.480 e. The highest BCUT2D eigenvalue weighted by Crippen LogP contribution is 2.37. The molecule has 1 aliphatic carbocycles. The van der Waals surface area contributed by atoms with Gasteiger partial charge in [0.1, 0.15) is 4.75 Å². The van der Waals surface area contributed by atoms with Crippen LogP contribution < -0.4 is 5.32 Å². The van der Waals surface area contributed by atoms with E-state index in [0.29, 0.717) is 11.7 Å². The van der Waals surface area contributed by atoms with E-state index in [1.54, 1.807) is 20.0 Å². The molecule has 1 aromatic carbocycles. The highest BCUT2D eigenvalue weighted by molar-refractivity contribution is 8.03. The number of thiazole rings is 1. The van der Waals surface area contributed by atoms with Crippen molar-refractivity contribution in [3.8, 4) is 0 Å². The number of thioether (sulfide) groups is 2. The summed E-state index contributed by atoms with van der Waals surface area (Å²) in [6.45, 7) is 6.30. The fraction of sp³-hybridized carbons (Fsp3) is 0.542. The maximum atomic E-state index is 13.2. The zero-order valence-electron chi connectivity index (χ0n) is 19.5. The van der Waals surface area contributed by atoms with Crippen molar-refractivity contribution in [2.75, 3.05) is 17.6 Å². The number of carboxylic acid groups (broad SMARTS) is 1. The molecular formula is C24H33N3O3S3. The first-order chi connectivity index (χ1) is 15.7. The Bertz CT molecular complexity index is 912. The van der Waals surface area contributed by atoms with Gasteiger partial charge in [-0.2, -0.15) is 11.8 Å². The van der Waals surface area contributed by atoms with Gasteiger partial charge >= 0.3 is 12.0 Å². The molecule has 2 N–H and O–H groups in total. The summed E-state index contributed by atoms with van der Waals surface area (Å²) in [4.78, 5) is 30.9. The fourth-order valence-electron chi connectivity index (χ4n) is 3.75. The van der Waals surface area contributed by atoms with Crippen LogP contribution in [0.25, 0.3) is 0 Å². The number of carbonyl (C=O) groups excluding carboxylic acids is 1. The lowest BCUT2D eigenvalue weighted by atomic mass is 9.86. The number of hydrogen-bond acceptors (Lipinski definition) is 6. The molecule has 6 nitrogen and oxygen atoms in total. The number of aromatic nitrogens is 1. The van der Waals surface area contributed by atoms with Crippen LogP contribution >= 0.6 is 34.9 Å². The number of benzene rings is 1. The molecule has 1 heterocycles. The van der Waals surface area contributed by atoms with E-state index in [2.05, 4.69) is 41.5 Å². The molecule has 180 valence electrons. The second-order valence-corrected chi connectivity index (χ2v) is 13.0. The van der Waals surface area contributed by atoms with Crippen LogP contribution in [0.15, 0.2) is 40.7 Å². The average Bonchev–Trinajstić information content (AvgIpc) is 3.21. The largest absolute Gasteiger partial charge is 0.480 e. The van der Waals surface area contributed by atoms with Crippen LogP contribution in [0.1, 0.15) is 52.0 Å². The topological polar surface area (TPSA) is 82.5 Å². The molecule has 9 heteroatoms. The van der Waals surface area contributed by atoms with E-state index < -0.39 is 10.7 Å². The quantitative estimate of drug-likeness (QED) is 0.284. The summed E-state index contributed by atoms with van der Waals surface area (Å²) in [5, 5.41) is 12.8. The van der Waals surface area contributed by atoms with Crippen molar-refractivity contribution in [2.45, 2.75) is 67.2 Å². The molecule has 0 saturated heterocycles. The number of nitrogens with one attached hydrogen (secondary N) is 1. The van der Waals surface area contributed by atoms with Gasteiger partial charge in [-0.15, -0.1) is 0 Å². The molecule has 2 aromatic rings. The van der Waals surface area contributed by atoms with Gasteiger partial charge in [0.2, 0.25) is 0 Å². The minimum atomic E-state index is -0.950. The average molecular weight is 508 g/mol. The van der Waals surface area contributed by atoms with Gasteiger partial charge in [-0.3, -0.25) is 10.1 Å². The van der Waals surface area contributed by atoms with E-state index >= 15 is 0 Å². The van der Waals surface area contributed by atoms with Gasteiger partial charge in [0.15, 0.2) is 5.13 Å². The lowest BCUT2D eigenvalue weighted by molar-refractivity contribution is -0.138. The van der Waals surface area contributed by atoms with Gasteiger partial charge in [-0.05, 0) is 51.0 Å². The molecule has 1 aliphatic rings. The zero-order valence-corrected chi connectivity index (χ0v) is 21.9. The number of carbonyl (C=O) groups is 2. The number of urea groups is 1. The Kier molecular flexibility index (Phi) is 9.52. The number of aliphatic carboxylic acids is 1. The molecule has 0 radical (unpaired) electrons. The lowest BCUT2D eigenvalue weighted by Gasteiger charge is -2.36. The molecule has 0 bridgehead atoms. The van der Waals surface area contributed by atoms with Crippen LogP contribution in [0.4, 0.5) is 9.93 Å². The van der Waals surface area contributed by atoms with Crippen molar-refractivity contribution >= 4 is 52.0 Å². The SMILES string of the molecule is CC(C)(Sc1cnc(NC(=O)N(CCSCc2ccccc2)[C@H]2CC[C@H](C)CC2)s1)C(=O)O. The number of amides is 2. The smallest absolute Gasteiger partial charge is 0.323 e. The maximum Gasteiger partial charge on any atom is 0.323 e. The molecule has 1 aromatic heterocycles. The third kappa shape index (κ3) is 7.93. The number of anilines is 1. The van der Waals surface area contributed by atoms with Crippen molar-refractivity contribution in [2.24, 2.45) is 5.92 Å². The summed E-state index contributed by atoms with van der Waals surface area (Å²) in [5.41, 5.74) is 1.29. The number of rotatable bonds is 10. The summed E-state index contributed by atoms with van der Waals surface area (Å²) >= 11 is 4.40. The van der Waals surface area contributed by atoms with E-state index in [4.69, 9.17) is 0 Å². The first-order valence-corrected chi connectivity index (χ1v) is 14.1. The Balaban J connectivity index is 1.59. The first kappa shape index (κ1) is 25.9. The van der Waals surface area contributed by atoms with Crippen LogP contribution in [-0.2, 0) is 10.5 Å². The Morgan fingerprint density at radius 2 is 1.91 bits per heavy atom. The summed E-state index contributed by atoms with van der Waals surface area (Å²) < 4.78 is -0.177. The molecule has 1 saturated carbocycles. The molecular weight excluding hydrogens is 474 g/mol. The molecule has 0 aliphatic heterocycles. The summed E-state index contributed by atoms with van der Waals surface area (Å²) in [6, 6.07) is 10.5. The minimum absolute atomic E-state index is 0.113. The lowest BCUT2D eigenvalue weighted by Crippen LogP contribution is -2.45. The predicted molar refractivity (Wildman–Crippen MR) is 139 cm³/mol. The van der Waals surface area contributed by atoms with Crippen molar-refractivity contribution < 1.29 is 14.7 Å². The van der Waals surface area contributed by atoms with Gasteiger partial charge in [-0.1, -0.05) is 60.4 Å². The van der Waals surface area contributed by atoms with Gasteiger partial charge < -0.3 is 10.0 Å². The molecule has 2 amide bonds. The number of carboxylic acids is 1. The van der Waals surface area contributed by atoms with Crippen LogP contribution in [0.2, 0.25) is 0 Å². The Morgan fingerprint density at radius 1 is 1.21 bits per heavy atom. The van der Waals surface area contributed by atoms with Crippen LogP contribution in [0, 0.1) is 5.92 Å². The zero-order chi connectivity index (χ0) is 23.8. The van der Waals surface area contributed by atoms with Crippen molar-refractivity contribution in [1.29, 1.82) is 0 Å². The fourth-order valence-corrected chi connectivity index (χ4v) is 6.92. The van der Waals surface area contributed by atoms with Crippen LogP contribution in [0.5, 0.6) is 0 Å². The molecule has 0 spiro atoms. The summed E-state index contributed by atoms with van der Waals surface area (Å²) in [7, 11) is 0. The summed E-state index contributed by atoms with van der Waals surface area (Å²) in [6.07, 6.45) is 5.99. The van der Waals surface area contributed by atoms with E-state index in [1.165, 1.54) is 28.7 Å². The maximum absolute atomic E-state index is 13.2. The Morgan fingerprint density at radius 3 is 2.58 bits per heavy atom. The van der Waals surface area contributed by atoms with Crippen molar-refractivity contribution in [3.05, 3.63) is 42.1 Å². The second kappa shape index (κ2) is 12.1. The number of nitrogens with zero attached hydrogens (tertiary/aromatic N) is 2. The van der Waals surface area contributed by atoms with Crippen LogP contribution in [0.3, 0.4) is 0 Å². The highest BCUT2D eigenvalue weighted by atomic mass is 32.2. The van der Waals surface area contributed by atoms with Gasteiger partial charge in [0, 0.05) is 24.1 Å². The Hall–Kier alpha value is -1.71. The first-order valence-electron chi connectivity index (χ1n) is 11.3. The predicted octanol–water partition coefficient (Wildman–Crippen LogP) is 6.44. The monoisotopic (exact) mass is 507 g/mol. The Labute approximate surface area is 208 Å². The number of hydrogen-bond donors (Lipinski definition) is 2. The van der Waals surface area contributed by atoms with Gasteiger partial charge in [-0.25, -0.2) is 9.78 Å². The van der Waals surface area contributed by atoms with Crippen molar-refractivity contribution in [1.82, 2.24) is 9.88 Å². The van der Waals surface area contributed by atoms with Crippen molar-refractivity contribution in [3.63, 3.8) is 0 Å². The van der Waals surface area contributed by atoms with E-state index in [1.807, 2.05) is 22.7 Å². The molecule has 1 fully saturated rings. The molecule has 33 heavy (non-hydrogen) atoms. The van der Waals surface area contributed by atoms with E-state index in [0.717, 1.165) is 47.3 Å². The van der Waals surface area contributed by atoms with Crippen LogP contribution in [-0.4, -0.2) is 50.1 Å². The standard InChI is InChI=1S/C24H33N3O3S3/c1-17-9-11-19(12-10-17)27(13-14-31-16-18-7-5-4-6-8-18)23(30)26-22-25-15-20(32-22)33-24(2,3)21(28)29/h4-8,15,17,19H,9-14,16H2,1-3H3,(H,28,29)(H,25,26,30)/t17-,19-. The van der Waals surface area contributed by atoms with E-state index in [-0.39, 0.29) is 12.1 Å². The van der Waals surface area contributed by atoms with Gasteiger partial charge in [0.25, 0.3) is 0 Å². The highest BCUT2D eigenvalue weighted by Gasteiger charge is 2.30. The summed E-state index contributed by atoms with van der Waals surface area (Å²) in [5.74, 6) is 1.65.